The molecule has 0 fully saturated rings. The Morgan fingerprint density at radius 1 is 1.14 bits per heavy atom. The normalized spacial score (nSPS) is 12.1. The lowest BCUT2D eigenvalue weighted by molar-refractivity contribution is -0.137. The highest BCUT2D eigenvalue weighted by atomic mass is 79.9. The summed E-state index contributed by atoms with van der Waals surface area (Å²) in [6, 6.07) is 5.79. The summed E-state index contributed by atoms with van der Waals surface area (Å²) >= 11 is 14.8. The Hall–Kier alpha value is -1.24. The van der Waals surface area contributed by atoms with E-state index in [0.29, 0.717) is 15.1 Å². The number of nitrogens with zero attached hydrogens (tertiary/aromatic N) is 1. The van der Waals surface area contributed by atoms with E-state index in [1.807, 2.05) is 0 Å². The minimum Gasteiger partial charge on any atom is -0.506 e. The molecule has 0 aliphatic heterocycles. The summed E-state index contributed by atoms with van der Waals surface area (Å²) in [5.74, 6) is -0.0869. The third kappa shape index (κ3) is 3.94. The van der Waals surface area contributed by atoms with Crippen LogP contribution in [0.1, 0.15) is 11.1 Å². The van der Waals surface area contributed by atoms with Crippen molar-refractivity contribution in [2.24, 2.45) is 4.99 Å². The van der Waals surface area contributed by atoms with Crippen molar-refractivity contribution in [1.29, 1.82) is 0 Å². The maximum absolute atomic E-state index is 12.5. The molecule has 0 amide bonds. The fourth-order valence-electron chi connectivity index (χ4n) is 1.61. The van der Waals surface area contributed by atoms with Crippen LogP contribution >= 0.6 is 39.1 Å². The molecule has 1 N–H and O–H groups in total. The molecule has 0 saturated heterocycles. The van der Waals surface area contributed by atoms with Crippen LogP contribution in [0.25, 0.3) is 0 Å². The van der Waals surface area contributed by atoms with Crippen LogP contribution in [0.3, 0.4) is 0 Å². The number of aliphatic imine (C=N–C) groups is 1. The first-order chi connectivity index (χ1) is 10.2. The Balaban J connectivity index is 2.35. The second-order valence-corrected chi connectivity index (χ2v) is 5.95. The Morgan fingerprint density at radius 2 is 1.82 bits per heavy atom. The molecule has 0 bridgehead atoms. The number of phenolic OH excluding ortho intramolecular Hbond substituents is 1. The predicted octanol–water partition coefficient (Wildman–Crippen LogP) is 6.23. The van der Waals surface area contributed by atoms with E-state index in [4.69, 9.17) is 23.2 Å². The summed E-state index contributed by atoms with van der Waals surface area (Å²) in [5.41, 5.74) is -0.412. The first-order valence-corrected chi connectivity index (χ1v) is 7.32. The number of alkyl halides is 3. The van der Waals surface area contributed by atoms with Crippen LogP contribution in [0.5, 0.6) is 5.75 Å². The van der Waals surface area contributed by atoms with Crippen LogP contribution in [0.4, 0.5) is 18.9 Å². The van der Waals surface area contributed by atoms with Crippen LogP contribution in [0.2, 0.25) is 10.0 Å². The zero-order valence-electron chi connectivity index (χ0n) is 10.6. The quantitative estimate of drug-likeness (QED) is 0.582. The third-order valence-electron chi connectivity index (χ3n) is 2.68. The van der Waals surface area contributed by atoms with Gasteiger partial charge in [0.15, 0.2) is 0 Å². The summed E-state index contributed by atoms with van der Waals surface area (Å²) in [5, 5.41) is 10.1. The molecule has 0 atom stereocenters. The average molecular weight is 413 g/mol. The van der Waals surface area contributed by atoms with E-state index in [9.17, 15) is 18.3 Å². The first kappa shape index (κ1) is 17.1. The van der Waals surface area contributed by atoms with Gasteiger partial charge in [0, 0.05) is 16.8 Å². The monoisotopic (exact) mass is 411 g/mol. The van der Waals surface area contributed by atoms with E-state index < -0.39 is 11.7 Å². The molecule has 0 aromatic heterocycles. The van der Waals surface area contributed by atoms with Crippen molar-refractivity contribution >= 4 is 51.0 Å². The molecule has 0 aliphatic carbocycles. The molecule has 22 heavy (non-hydrogen) atoms. The molecule has 0 saturated carbocycles. The third-order valence-corrected chi connectivity index (χ3v) is 3.80. The molecule has 116 valence electrons. The van der Waals surface area contributed by atoms with Gasteiger partial charge in [-0.25, -0.2) is 0 Å². The molecule has 2 rings (SSSR count). The van der Waals surface area contributed by atoms with E-state index in [2.05, 4.69) is 20.9 Å². The lowest BCUT2D eigenvalue weighted by atomic mass is 10.2. The number of benzene rings is 2. The SMILES string of the molecule is Oc1c(Br)cc(Cl)cc1/C=N/c1ccc(C(F)(F)F)cc1Cl. The van der Waals surface area contributed by atoms with Crippen molar-refractivity contribution < 1.29 is 18.3 Å². The number of hydrogen-bond acceptors (Lipinski definition) is 2. The molecule has 0 spiro atoms. The summed E-state index contributed by atoms with van der Waals surface area (Å²) in [6.45, 7) is 0. The van der Waals surface area contributed by atoms with Crippen LogP contribution < -0.4 is 0 Å². The number of halogens is 6. The van der Waals surface area contributed by atoms with Gasteiger partial charge in [0.25, 0.3) is 0 Å². The van der Waals surface area contributed by atoms with Gasteiger partial charge in [0.1, 0.15) is 5.75 Å². The van der Waals surface area contributed by atoms with Crippen LogP contribution in [-0.2, 0) is 6.18 Å². The van der Waals surface area contributed by atoms with E-state index in [-0.39, 0.29) is 16.5 Å². The van der Waals surface area contributed by atoms with E-state index in [1.54, 1.807) is 0 Å². The Kier molecular flexibility index (Phi) is 5.04. The van der Waals surface area contributed by atoms with Crippen molar-refractivity contribution in [2.45, 2.75) is 6.18 Å². The van der Waals surface area contributed by atoms with Gasteiger partial charge in [-0.1, -0.05) is 23.2 Å². The van der Waals surface area contributed by atoms with E-state index in [0.717, 1.165) is 18.2 Å². The van der Waals surface area contributed by atoms with Gasteiger partial charge in [-0.15, -0.1) is 0 Å². The standard InChI is InChI=1S/C14H7BrCl2F3NO/c15-10-5-9(16)3-7(13(10)22)6-21-12-2-1-8(4-11(12)17)14(18,19)20/h1-6,22H/b21-6+. The Labute approximate surface area is 142 Å². The van der Waals surface area contributed by atoms with E-state index >= 15 is 0 Å². The van der Waals surface area contributed by atoms with Crippen LogP contribution in [-0.4, -0.2) is 11.3 Å². The topological polar surface area (TPSA) is 32.6 Å². The number of hydrogen-bond donors (Lipinski definition) is 1. The summed E-state index contributed by atoms with van der Waals surface area (Å²) in [6.07, 6.45) is -3.21. The van der Waals surface area contributed by atoms with E-state index in [1.165, 1.54) is 18.3 Å². The molecular weight excluding hydrogens is 406 g/mol. The smallest absolute Gasteiger partial charge is 0.416 e. The van der Waals surface area contributed by atoms with Gasteiger partial charge < -0.3 is 5.11 Å². The highest BCUT2D eigenvalue weighted by Crippen LogP contribution is 2.35. The molecule has 0 unspecified atom stereocenters. The summed E-state index contributed by atoms with van der Waals surface area (Å²) < 4.78 is 38.0. The molecule has 2 nitrogen and oxygen atoms in total. The number of aromatic hydroxyl groups is 1. The van der Waals surface area contributed by atoms with Gasteiger partial charge in [-0.3, -0.25) is 4.99 Å². The van der Waals surface area contributed by atoms with Crippen molar-refractivity contribution in [3.63, 3.8) is 0 Å². The largest absolute Gasteiger partial charge is 0.506 e. The van der Waals surface area contributed by atoms with Crippen LogP contribution in [0, 0.1) is 0 Å². The van der Waals surface area contributed by atoms with Gasteiger partial charge >= 0.3 is 6.18 Å². The maximum atomic E-state index is 12.5. The molecule has 2 aromatic rings. The maximum Gasteiger partial charge on any atom is 0.416 e. The zero-order chi connectivity index (χ0) is 16.5. The molecule has 2 aromatic carbocycles. The first-order valence-electron chi connectivity index (χ1n) is 5.77. The Morgan fingerprint density at radius 3 is 2.41 bits per heavy atom. The molecule has 8 heteroatoms. The zero-order valence-corrected chi connectivity index (χ0v) is 13.7. The van der Waals surface area contributed by atoms with Crippen molar-refractivity contribution in [1.82, 2.24) is 0 Å². The molecule has 0 radical (unpaired) electrons. The van der Waals surface area contributed by atoms with Gasteiger partial charge in [-0.2, -0.15) is 13.2 Å². The average Bonchev–Trinajstić information content (AvgIpc) is 2.41. The van der Waals surface area contributed by atoms with Crippen LogP contribution in [0.15, 0.2) is 39.8 Å². The van der Waals surface area contributed by atoms with Crippen molar-refractivity contribution in [3.8, 4) is 5.75 Å². The fraction of sp³-hybridized carbons (Fsp3) is 0.0714. The summed E-state index contributed by atoms with van der Waals surface area (Å²) in [7, 11) is 0. The summed E-state index contributed by atoms with van der Waals surface area (Å²) in [4.78, 5) is 3.98. The molecular formula is C14H7BrCl2F3NO. The number of rotatable bonds is 2. The lowest BCUT2D eigenvalue weighted by Crippen LogP contribution is -2.04. The minimum atomic E-state index is -4.47. The lowest BCUT2D eigenvalue weighted by Gasteiger charge is -2.08. The minimum absolute atomic E-state index is 0.0869. The van der Waals surface area contributed by atoms with Gasteiger partial charge in [0.05, 0.1) is 20.7 Å². The Bertz CT molecular complexity index is 748. The second-order valence-electron chi connectivity index (χ2n) is 4.25. The number of phenols is 1. The fourth-order valence-corrected chi connectivity index (χ4v) is 2.67. The van der Waals surface area contributed by atoms with Crippen molar-refractivity contribution in [2.75, 3.05) is 0 Å². The van der Waals surface area contributed by atoms with Gasteiger partial charge in [-0.05, 0) is 46.3 Å². The predicted molar refractivity (Wildman–Crippen MR) is 84.5 cm³/mol. The van der Waals surface area contributed by atoms with Crippen molar-refractivity contribution in [3.05, 3.63) is 56.0 Å². The molecule has 0 aliphatic rings. The molecule has 0 heterocycles. The highest BCUT2D eigenvalue weighted by Gasteiger charge is 2.30. The second kappa shape index (κ2) is 6.48. The van der Waals surface area contributed by atoms with Gasteiger partial charge in [0.2, 0.25) is 0 Å². The highest BCUT2D eigenvalue weighted by molar-refractivity contribution is 9.10.